The van der Waals surface area contributed by atoms with Gasteiger partial charge in [-0.2, -0.15) is 0 Å². The zero-order valence-corrected chi connectivity index (χ0v) is 11.4. The molecule has 19 heavy (non-hydrogen) atoms. The lowest BCUT2D eigenvalue weighted by Gasteiger charge is -1.99. The van der Waals surface area contributed by atoms with Crippen molar-refractivity contribution in [3.05, 3.63) is 76.2 Å². The Morgan fingerprint density at radius 3 is 2.68 bits per heavy atom. The molecule has 96 valence electrons. The molecular formula is C15H10Cl2O2. The fourth-order valence-corrected chi connectivity index (χ4v) is 1.96. The fourth-order valence-electron chi connectivity index (χ4n) is 1.46. The Morgan fingerprint density at radius 1 is 1.16 bits per heavy atom. The number of rotatable bonds is 4. The Balaban J connectivity index is 2.04. The number of ketones is 1. The second-order valence-corrected chi connectivity index (χ2v) is 4.57. The van der Waals surface area contributed by atoms with E-state index in [1.807, 2.05) is 6.07 Å². The van der Waals surface area contributed by atoms with Crippen LogP contribution in [-0.2, 0) is 0 Å². The Labute approximate surface area is 120 Å². The number of carbonyl (C=O) groups is 1. The second kappa shape index (κ2) is 6.41. The summed E-state index contributed by atoms with van der Waals surface area (Å²) >= 11 is 11.7. The summed E-state index contributed by atoms with van der Waals surface area (Å²) in [6.45, 7) is 0. The highest BCUT2D eigenvalue weighted by Crippen LogP contribution is 2.21. The minimum atomic E-state index is -0.175. The molecule has 0 aliphatic heterocycles. The predicted molar refractivity (Wildman–Crippen MR) is 77.7 cm³/mol. The van der Waals surface area contributed by atoms with Crippen molar-refractivity contribution < 1.29 is 9.21 Å². The average Bonchev–Trinajstić information content (AvgIpc) is 2.87. The zero-order valence-electron chi connectivity index (χ0n) is 9.85. The first-order valence-electron chi connectivity index (χ1n) is 5.54. The normalized spacial score (nSPS) is 11.5. The van der Waals surface area contributed by atoms with Gasteiger partial charge in [0.05, 0.1) is 11.3 Å². The highest BCUT2D eigenvalue weighted by molar-refractivity contribution is 6.37. The van der Waals surface area contributed by atoms with E-state index in [0.29, 0.717) is 15.6 Å². The number of carbonyl (C=O) groups excluding carboxylic acids is 1. The van der Waals surface area contributed by atoms with Crippen LogP contribution in [0.3, 0.4) is 0 Å². The molecule has 2 rings (SSSR count). The minimum absolute atomic E-state index is 0.175. The molecule has 1 heterocycles. The van der Waals surface area contributed by atoms with Crippen molar-refractivity contribution in [2.24, 2.45) is 0 Å². The lowest BCUT2D eigenvalue weighted by molar-refractivity contribution is 0.104. The summed E-state index contributed by atoms with van der Waals surface area (Å²) in [7, 11) is 0. The van der Waals surface area contributed by atoms with Crippen LogP contribution < -0.4 is 0 Å². The van der Waals surface area contributed by atoms with E-state index < -0.39 is 0 Å². The maximum atomic E-state index is 11.9. The maximum absolute atomic E-state index is 11.9. The highest BCUT2D eigenvalue weighted by atomic mass is 35.5. The number of furan rings is 1. The van der Waals surface area contributed by atoms with E-state index in [1.54, 1.807) is 48.8 Å². The first-order valence-corrected chi connectivity index (χ1v) is 6.30. The molecule has 2 aromatic rings. The molecule has 0 bridgehead atoms. The molecular weight excluding hydrogens is 283 g/mol. The summed E-state index contributed by atoms with van der Waals surface area (Å²) < 4.78 is 5.12. The van der Waals surface area contributed by atoms with Gasteiger partial charge >= 0.3 is 0 Å². The molecule has 0 radical (unpaired) electrons. The molecule has 1 aromatic carbocycles. The third kappa shape index (κ3) is 3.85. The van der Waals surface area contributed by atoms with Crippen LogP contribution in [0.1, 0.15) is 16.1 Å². The van der Waals surface area contributed by atoms with E-state index in [0.717, 1.165) is 5.76 Å². The highest BCUT2D eigenvalue weighted by Gasteiger charge is 2.06. The smallest absolute Gasteiger partial charge is 0.187 e. The van der Waals surface area contributed by atoms with Gasteiger partial charge in [0.1, 0.15) is 5.76 Å². The Morgan fingerprint density at radius 2 is 2.00 bits per heavy atom. The molecule has 1 aromatic heterocycles. The molecule has 0 aliphatic rings. The van der Waals surface area contributed by atoms with Crippen molar-refractivity contribution in [3.63, 3.8) is 0 Å². The van der Waals surface area contributed by atoms with Gasteiger partial charge in [0, 0.05) is 10.6 Å². The third-order valence-electron chi connectivity index (χ3n) is 2.36. The van der Waals surface area contributed by atoms with Crippen molar-refractivity contribution in [1.82, 2.24) is 0 Å². The molecule has 2 nitrogen and oxygen atoms in total. The van der Waals surface area contributed by atoms with E-state index in [1.165, 1.54) is 6.08 Å². The van der Waals surface area contributed by atoms with Gasteiger partial charge in [-0.25, -0.2) is 0 Å². The van der Waals surface area contributed by atoms with Gasteiger partial charge in [0.25, 0.3) is 0 Å². The molecule has 0 saturated carbocycles. The first-order chi connectivity index (χ1) is 9.16. The Kier molecular flexibility index (Phi) is 4.61. The molecule has 0 N–H and O–H groups in total. The number of hydrogen-bond acceptors (Lipinski definition) is 2. The maximum Gasteiger partial charge on any atom is 0.187 e. The average molecular weight is 293 g/mol. The topological polar surface area (TPSA) is 30.2 Å². The predicted octanol–water partition coefficient (Wildman–Crippen LogP) is 5.04. The monoisotopic (exact) mass is 292 g/mol. The SMILES string of the molecule is O=C(C=CC=Cc1ccco1)c1ccc(Cl)cc1Cl. The number of halogens is 2. The number of benzene rings is 1. The van der Waals surface area contributed by atoms with Gasteiger partial charge < -0.3 is 4.42 Å². The summed E-state index contributed by atoms with van der Waals surface area (Å²) in [5.74, 6) is 0.549. The van der Waals surface area contributed by atoms with Gasteiger partial charge in [-0.1, -0.05) is 35.4 Å². The Bertz CT molecular complexity index is 626. The number of hydrogen-bond donors (Lipinski definition) is 0. The van der Waals surface area contributed by atoms with E-state index >= 15 is 0 Å². The summed E-state index contributed by atoms with van der Waals surface area (Å²) in [6.07, 6.45) is 8.14. The van der Waals surface area contributed by atoms with Crippen LogP contribution in [0.2, 0.25) is 10.0 Å². The van der Waals surface area contributed by atoms with Crippen molar-refractivity contribution in [2.75, 3.05) is 0 Å². The molecule has 0 fully saturated rings. The zero-order chi connectivity index (χ0) is 13.7. The number of allylic oxidation sites excluding steroid dienone is 3. The van der Waals surface area contributed by atoms with Crippen LogP contribution in [0.5, 0.6) is 0 Å². The van der Waals surface area contributed by atoms with E-state index in [2.05, 4.69) is 0 Å². The fraction of sp³-hybridized carbons (Fsp3) is 0. The third-order valence-corrected chi connectivity index (χ3v) is 2.91. The molecule has 0 atom stereocenters. The Hall–Kier alpha value is -1.77. The van der Waals surface area contributed by atoms with Crippen LogP contribution in [0.15, 0.2) is 59.2 Å². The van der Waals surface area contributed by atoms with Crippen molar-refractivity contribution in [3.8, 4) is 0 Å². The van der Waals surface area contributed by atoms with E-state index in [9.17, 15) is 4.79 Å². The van der Waals surface area contributed by atoms with Crippen LogP contribution in [-0.4, -0.2) is 5.78 Å². The standard InChI is InChI=1S/C15H10Cl2O2/c16-11-7-8-13(14(17)10-11)15(18)6-2-1-4-12-5-3-9-19-12/h1-10H. The summed E-state index contributed by atoms with van der Waals surface area (Å²) in [5, 5.41) is 0.848. The van der Waals surface area contributed by atoms with Gasteiger partial charge in [-0.05, 0) is 42.5 Å². The van der Waals surface area contributed by atoms with Gasteiger partial charge in [-0.15, -0.1) is 0 Å². The summed E-state index contributed by atoms with van der Waals surface area (Å²) in [5.41, 5.74) is 0.425. The van der Waals surface area contributed by atoms with Crippen molar-refractivity contribution in [1.29, 1.82) is 0 Å². The van der Waals surface area contributed by atoms with Crippen LogP contribution in [0.4, 0.5) is 0 Å². The second-order valence-electron chi connectivity index (χ2n) is 3.72. The van der Waals surface area contributed by atoms with Crippen molar-refractivity contribution >= 4 is 35.1 Å². The van der Waals surface area contributed by atoms with Crippen LogP contribution in [0, 0.1) is 0 Å². The molecule has 0 aliphatic carbocycles. The van der Waals surface area contributed by atoms with Crippen LogP contribution in [0.25, 0.3) is 6.08 Å². The summed E-state index contributed by atoms with van der Waals surface area (Å²) in [4.78, 5) is 11.9. The van der Waals surface area contributed by atoms with Gasteiger partial charge in [-0.3, -0.25) is 4.79 Å². The van der Waals surface area contributed by atoms with Crippen LogP contribution >= 0.6 is 23.2 Å². The van der Waals surface area contributed by atoms with Gasteiger partial charge in [0.15, 0.2) is 5.78 Å². The largest absolute Gasteiger partial charge is 0.465 e. The lowest BCUT2D eigenvalue weighted by atomic mass is 10.1. The first kappa shape index (κ1) is 13.7. The lowest BCUT2D eigenvalue weighted by Crippen LogP contribution is -1.94. The van der Waals surface area contributed by atoms with Gasteiger partial charge in [0.2, 0.25) is 0 Å². The molecule has 4 heteroatoms. The summed E-state index contributed by atoms with van der Waals surface area (Å²) in [6, 6.07) is 8.40. The molecule has 0 unspecified atom stereocenters. The molecule has 0 saturated heterocycles. The van der Waals surface area contributed by atoms with Crippen molar-refractivity contribution in [2.45, 2.75) is 0 Å². The molecule has 0 amide bonds. The quantitative estimate of drug-likeness (QED) is 0.449. The van der Waals surface area contributed by atoms with E-state index in [4.69, 9.17) is 27.6 Å². The minimum Gasteiger partial charge on any atom is -0.465 e. The van der Waals surface area contributed by atoms with E-state index in [-0.39, 0.29) is 5.78 Å². The molecule has 0 spiro atoms.